The van der Waals surface area contributed by atoms with Crippen LogP contribution >= 0.6 is 22.6 Å². The monoisotopic (exact) mass is 345 g/mol. The molecule has 0 bridgehead atoms. The van der Waals surface area contributed by atoms with Crippen molar-refractivity contribution in [3.63, 3.8) is 0 Å². The predicted octanol–water partition coefficient (Wildman–Crippen LogP) is 1.46. The van der Waals surface area contributed by atoms with Crippen molar-refractivity contribution in [2.75, 3.05) is 7.11 Å². The number of rotatable bonds is 2. The molecule has 0 aromatic rings. The highest BCUT2D eigenvalue weighted by atomic mass is 127. The van der Waals surface area contributed by atoms with Gasteiger partial charge in [-0.05, 0) is 34.7 Å². The molecule has 0 radical (unpaired) electrons. The Labute approximate surface area is 111 Å². The molecule has 0 saturated heterocycles. The van der Waals surface area contributed by atoms with Gasteiger partial charge in [0, 0.05) is 6.20 Å². The molecule has 1 N–H and O–H groups in total. The van der Waals surface area contributed by atoms with Gasteiger partial charge < -0.3 is 9.84 Å². The summed E-state index contributed by atoms with van der Waals surface area (Å²) in [6.45, 7) is 0. The smallest absolute Gasteiger partial charge is 0.340 e. The maximum absolute atomic E-state index is 11.9. The molecule has 5 nitrogen and oxygen atoms in total. The van der Waals surface area contributed by atoms with Crippen LogP contribution in [0.2, 0.25) is 0 Å². The zero-order valence-electron chi connectivity index (χ0n) is 8.81. The van der Waals surface area contributed by atoms with Gasteiger partial charge >= 0.3 is 5.97 Å². The molecule has 1 aliphatic carbocycles. The van der Waals surface area contributed by atoms with Gasteiger partial charge in [0.25, 0.3) is 0 Å². The van der Waals surface area contributed by atoms with Gasteiger partial charge in [-0.1, -0.05) is 0 Å². The van der Waals surface area contributed by atoms with Crippen LogP contribution in [0.1, 0.15) is 0 Å². The van der Waals surface area contributed by atoms with Crippen LogP contribution in [0.5, 0.6) is 0 Å². The van der Waals surface area contributed by atoms with Gasteiger partial charge in [-0.3, -0.25) is 9.79 Å². The molecule has 1 unspecified atom stereocenters. The number of carbonyl (C=O) groups is 2. The lowest BCUT2D eigenvalue weighted by Crippen LogP contribution is -2.30. The summed E-state index contributed by atoms with van der Waals surface area (Å²) in [5.74, 6) is -1.80. The lowest BCUT2D eigenvalue weighted by atomic mass is 9.88. The summed E-state index contributed by atoms with van der Waals surface area (Å²) in [6.07, 6.45) is 4.42. The third-order valence-corrected chi connectivity index (χ3v) is 3.33. The lowest BCUT2D eigenvalue weighted by molar-refractivity contribution is -0.134. The van der Waals surface area contributed by atoms with Crippen molar-refractivity contribution >= 4 is 40.1 Å². The Hall–Kier alpha value is -1.44. The van der Waals surface area contributed by atoms with Crippen LogP contribution in [0.3, 0.4) is 0 Å². The minimum Gasteiger partial charge on any atom is -0.496 e. The van der Waals surface area contributed by atoms with Crippen LogP contribution in [0, 0.1) is 5.92 Å². The number of ketones is 1. The Balaban J connectivity index is 2.46. The van der Waals surface area contributed by atoms with Crippen LogP contribution in [-0.2, 0) is 14.3 Å². The Kier molecular flexibility index (Phi) is 3.14. The fourth-order valence-corrected chi connectivity index (χ4v) is 2.35. The second-order valence-corrected chi connectivity index (χ2v) is 4.63. The summed E-state index contributed by atoms with van der Waals surface area (Å²) in [6, 6.07) is 0. The van der Waals surface area contributed by atoms with E-state index in [9.17, 15) is 9.59 Å². The first-order valence-corrected chi connectivity index (χ1v) is 5.81. The molecule has 17 heavy (non-hydrogen) atoms. The van der Waals surface area contributed by atoms with E-state index >= 15 is 0 Å². The maximum Gasteiger partial charge on any atom is 0.340 e. The van der Waals surface area contributed by atoms with Crippen molar-refractivity contribution in [2.45, 2.75) is 0 Å². The van der Waals surface area contributed by atoms with E-state index in [0.717, 1.165) is 9.78 Å². The largest absolute Gasteiger partial charge is 0.496 e. The van der Waals surface area contributed by atoms with Gasteiger partial charge in [0.05, 0.1) is 22.3 Å². The standard InChI is InChI=1S/C11H8INO4/c1-17-9-2-5-8(3-7(9)12)13-4-6(10(5)14)11(15)16/h2-5H,1H3,(H,15,16). The molecule has 88 valence electrons. The summed E-state index contributed by atoms with van der Waals surface area (Å²) < 4.78 is 5.94. The Morgan fingerprint density at radius 2 is 2.29 bits per heavy atom. The zero-order valence-corrected chi connectivity index (χ0v) is 11.0. The molecule has 0 fully saturated rings. The Morgan fingerprint density at radius 3 is 2.88 bits per heavy atom. The fraction of sp³-hybridized carbons (Fsp3) is 0.182. The Bertz CT molecular complexity index is 528. The fourth-order valence-electron chi connectivity index (χ4n) is 1.63. The molecular weight excluding hydrogens is 337 g/mol. The second kappa shape index (κ2) is 4.44. The number of fused-ring (bicyclic) bond motifs is 1. The number of allylic oxidation sites excluding steroid dienone is 3. The molecule has 0 aromatic heterocycles. The van der Waals surface area contributed by atoms with Gasteiger partial charge in [-0.15, -0.1) is 0 Å². The van der Waals surface area contributed by atoms with E-state index in [1.165, 1.54) is 7.11 Å². The van der Waals surface area contributed by atoms with Crippen molar-refractivity contribution < 1.29 is 19.4 Å². The second-order valence-electron chi connectivity index (χ2n) is 3.47. The lowest BCUT2D eigenvalue weighted by Gasteiger charge is -2.21. The first-order chi connectivity index (χ1) is 8.04. The minimum atomic E-state index is -1.26. The molecule has 0 aromatic carbocycles. The molecule has 1 aliphatic heterocycles. The number of hydrogen-bond acceptors (Lipinski definition) is 4. The van der Waals surface area contributed by atoms with E-state index < -0.39 is 17.7 Å². The van der Waals surface area contributed by atoms with Gasteiger partial charge in [-0.2, -0.15) is 0 Å². The Morgan fingerprint density at radius 1 is 1.59 bits per heavy atom. The third kappa shape index (κ3) is 2.04. The number of carboxylic acid groups (broad SMARTS) is 1. The van der Waals surface area contributed by atoms with Crippen molar-refractivity contribution in [2.24, 2.45) is 10.9 Å². The van der Waals surface area contributed by atoms with Crippen molar-refractivity contribution in [3.8, 4) is 0 Å². The average molecular weight is 345 g/mol. The molecule has 6 heteroatoms. The molecule has 1 heterocycles. The SMILES string of the molecule is COC1=CC2C(=O)C(C(=O)O)=CN=C2C=C1I. The van der Waals surface area contributed by atoms with E-state index in [-0.39, 0.29) is 5.57 Å². The quantitative estimate of drug-likeness (QED) is 0.607. The van der Waals surface area contributed by atoms with Crippen LogP contribution in [0.15, 0.2) is 38.3 Å². The van der Waals surface area contributed by atoms with Crippen LogP contribution < -0.4 is 0 Å². The van der Waals surface area contributed by atoms with Gasteiger partial charge in [-0.25, -0.2) is 4.79 Å². The summed E-state index contributed by atoms with van der Waals surface area (Å²) in [5.41, 5.74) is 0.251. The van der Waals surface area contributed by atoms with E-state index in [0.29, 0.717) is 11.5 Å². The normalized spacial score (nSPS) is 22.9. The van der Waals surface area contributed by atoms with Crippen LogP contribution in [0.4, 0.5) is 0 Å². The average Bonchev–Trinajstić information content (AvgIpc) is 2.28. The van der Waals surface area contributed by atoms with E-state index in [1.807, 2.05) is 0 Å². The maximum atomic E-state index is 11.9. The van der Waals surface area contributed by atoms with Crippen LogP contribution in [-0.4, -0.2) is 29.7 Å². The van der Waals surface area contributed by atoms with E-state index in [4.69, 9.17) is 9.84 Å². The van der Waals surface area contributed by atoms with Crippen LogP contribution in [0.25, 0.3) is 0 Å². The highest BCUT2D eigenvalue weighted by molar-refractivity contribution is 14.1. The molecule has 2 rings (SSSR count). The number of aliphatic imine (C=N–C) groups is 1. The third-order valence-electron chi connectivity index (χ3n) is 2.49. The van der Waals surface area contributed by atoms with Gasteiger partial charge in [0.1, 0.15) is 11.3 Å². The number of ether oxygens (including phenoxy) is 1. The van der Waals surface area contributed by atoms with E-state index in [1.54, 1.807) is 12.2 Å². The number of Topliss-reactive ketones (excluding diaryl/α,β-unsaturated/α-hetero) is 1. The number of carboxylic acids is 1. The molecule has 2 aliphatic rings. The first-order valence-electron chi connectivity index (χ1n) is 4.73. The zero-order chi connectivity index (χ0) is 12.6. The molecule has 1 atom stereocenters. The first kappa shape index (κ1) is 12.0. The highest BCUT2D eigenvalue weighted by Gasteiger charge is 2.34. The highest BCUT2D eigenvalue weighted by Crippen LogP contribution is 2.30. The number of hydrogen-bond donors (Lipinski definition) is 1. The topological polar surface area (TPSA) is 76.0 Å². The predicted molar refractivity (Wildman–Crippen MR) is 68.8 cm³/mol. The summed E-state index contributed by atoms with van der Waals surface area (Å²) in [7, 11) is 1.50. The van der Waals surface area contributed by atoms with Crippen molar-refractivity contribution in [1.82, 2.24) is 0 Å². The number of nitrogens with zero attached hydrogens (tertiary/aromatic N) is 1. The van der Waals surface area contributed by atoms with Crippen molar-refractivity contribution in [1.29, 1.82) is 0 Å². The number of carbonyl (C=O) groups excluding carboxylic acids is 1. The summed E-state index contributed by atoms with van der Waals surface area (Å²) in [4.78, 5) is 26.7. The number of aliphatic carboxylic acids is 1. The minimum absolute atomic E-state index is 0.296. The van der Waals surface area contributed by atoms with Gasteiger partial charge in [0.15, 0.2) is 5.78 Å². The molecule has 0 spiro atoms. The number of methoxy groups -OCH3 is 1. The number of halogens is 1. The molecular formula is C11H8INO4. The molecule has 0 saturated carbocycles. The van der Waals surface area contributed by atoms with Crippen molar-refractivity contribution in [3.05, 3.63) is 33.3 Å². The van der Waals surface area contributed by atoms with E-state index in [2.05, 4.69) is 27.6 Å². The summed E-state index contributed by atoms with van der Waals surface area (Å²) in [5, 5.41) is 8.85. The molecule has 0 amide bonds. The van der Waals surface area contributed by atoms with Gasteiger partial charge in [0.2, 0.25) is 0 Å². The summed E-state index contributed by atoms with van der Waals surface area (Å²) >= 11 is 2.07.